The van der Waals surface area contributed by atoms with E-state index in [4.69, 9.17) is 9.97 Å². The summed E-state index contributed by atoms with van der Waals surface area (Å²) in [5, 5.41) is 13.0. The first-order chi connectivity index (χ1) is 14.9. The Balaban J connectivity index is 1.64. The number of amides is 1. The fourth-order valence-corrected chi connectivity index (χ4v) is 3.80. The summed E-state index contributed by atoms with van der Waals surface area (Å²) in [6.07, 6.45) is 3.02. The Morgan fingerprint density at radius 3 is 2.61 bits per heavy atom. The van der Waals surface area contributed by atoms with Crippen LogP contribution in [0.4, 0.5) is 5.82 Å². The number of nitrogens with one attached hydrogen (secondary N) is 2. The number of rotatable bonds is 11. The molecular weight excluding hydrogens is 408 g/mol. The Hall–Kier alpha value is -2.61. The number of aromatic nitrogens is 4. The number of thioether (sulfide) groups is 1. The maximum atomic E-state index is 12.2. The minimum Gasteiger partial charge on any atom is -0.369 e. The summed E-state index contributed by atoms with van der Waals surface area (Å²) in [4.78, 5) is 21.6. The van der Waals surface area contributed by atoms with Crippen molar-refractivity contribution in [2.45, 2.75) is 57.5 Å². The predicted molar refractivity (Wildman–Crippen MR) is 127 cm³/mol. The number of nitrogens with zero attached hydrogens (tertiary/aromatic N) is 4. The lowest BCUT2D eigenvalue weighted by molar-refractivity contribution is -0.121. The van der Waals surface area contributed by atoms with Gasteiger partial charge in [-0.1, -0.05) is 69.8 Å². The van der Waals surface area contributed by atoms with Gasteiger partial charge in [0.05, 0.1) is 18.1 Å². The molecule has 0 atom stereocenters. The molecule has 1 amide bonds. The summed E-state index contributed by atoms with van der Waals surface area (Å²) in [6.45, 7) is 10.5. The molecule has 2 heterocycles. The van der Waals surface area contributed by atoms with Gasteiger partial charge in [0.1, 0.15) is 5.82 Å². The molecule has 7 nitrogen and oxygen atoms in total. The van der Waals surface area contributed by atoms with Crippen LogP contribution in [0.25, 0.3) is 11.0 Å². The van der Waals surface area contributed by atoms with E-state index in [0.717, 1.165) is 35.0 Å². The number of carbonyl (C=O) groups excluding carboxylic acids is 1. The van der Waals surface area contributed by atoms with Crippen molar-refractivity contribution in [2.24, 2.45) is 5.92 Å². The Morgan fingerprint density at radius 2 is 1.90 bits per heavy atom. The summed E-state index contributed by atoms with van der Waals surface area (Å²) in [7, 11) is 0. The summed E-state index contributed by atoms with van der Waals surface area (Å²) in [5.74, 6) is 1.37. The third-order valence-electron chi connectivity index (χ3n) is 4.62. The Bertz CT molecular complexity index is 986. The second kappa shape index (κ2) is 11.1. The van der Waals surface area contributed by atoms with Crippen molar-refractivity contribution in [3.63, 3.8) is 0 Å². The highest BCUT2D eigenvalue weighted by molar-refractivity contribution is 7.99. The van der Waals surface area contributed by atoms with Crippen molar-refractivity contribution in [3.8, 4) is 0 Å². The van der Waals surface area contributed by atoms with Crippen molar-refractivity contribution in [1.82, 2.24) is 25.1 Å². The van der Waals surface area contributed by atoms with E-state index in [2.05, 4.69) is 43.4 Å². The predicted octanol–water partition coefficient (Wildman–Crippen LogP) is 4.14. The molecule has 0 bridgehead atoms. The fourth-order valence-electron chi connectivity index (χ4n) is 3.09. The van der Waals surface area contributed by atoms with E-state index >= 15 is 0 Å². The van der Waals surface area contributed by atoms with Gasteiger partial charge in [-0.25, -0.2) is 14.6 Å². The normalized spacial score (nSPS) is 11.4. The molecule has 2 N–H and O–H groups in total. The summed E-state index contributed by atoms with van der Waals surface area (Å²) in [6, 6.07) is 10.1. The lowest BCUT2D eigenvalue weighted by atomic mass is 10.1. The fraction of sp³-hybridized carbons (Fsp3) is 0.478. The van der Waals surface area contributed by atoms with E-state index in [1.165, 1.54) is 5.56 Å². The smallest absolute Gasteiger partial charge is 0.220 e. The highest BCUT2D eigenvalue weighted by atomic mass is 32.2. The number of hydrogen-bond acceptors (Lipinski definition) is 6. The minimum atomic E-state index is 0.0466. The first kappa shape index (κ1) is 23.1. The Labute approximate surface area is 188 Å². The lowest BCUT2D eigenvalue weighted by Crippen LogP contribution is -2.27. The van der Waals surface area contributed by atoms with E-state index < -0.39 is 0 Å². The molecule has 0 radical (unpaired) electrons. The molecule has 0 saturated heterocycles. The number of hydrogen-bond donors (Lipinski definition) is 2. The molecule has 0 fully saturated rings. The summed E-state index contributed by atoms with van der Waals surface area (Å²) >= 11 is 1.63. The average Bonchev–Trinajstić information content (AvgIpc) is 3.14. The number of aryl methyl sites for hydroxylation is 1. The van der Waals surface area contributed by atoms with E-state index in [1.54, 1.807) is 18.0 Å². The summed E-state index contributed by atoms with van der Waals surface area (Å²) < 4.78 is 1.85. The Kier molecular flexibility index (Phi) is 8.28. The van der Waals surface area contributed by atoms with Crippen LogP contribution < -0.4 is 10.6 Å². The number of benzene rings is 1. The largest absolute Gasteiger partial charge is 0.369 e. The quantitative estimate of drug-likeness (QED) is 0.344. The molecule has 0 aliphatic carbocycles. The van der Waals surface area contributed by atoms with Crippen molar-refractivity contribution in [2.75, 3.05) is 18.4 Å². The number of anilines is 1. The zero-order chi connectivity index (χ0) is 22.2. The van der Waals surface area contributed by atoms with Crippen LogP contribution >= 0.6 is 11.8 Å². The van der Waals surface area contributed by atoms with Gasteiger partial charge in [-0.2, -0.15) is 5.10 Å². The van der Waals surface area contributed by atoms with E-state index in [0.29, 0.717) is 30.7 Å². The third kappa shape index (κ3) is 6.95. The molecule has 0 saturated carbocycles. The zero-order valence-electron chi connectivity index (χ0n) is 18.8. The van der Waals surface area contributed by atoms with Gasteiger partial charge in [0.2, 0.25) is 5.91 Å². The van der Waals surface area contributed by atoms with E-state index in [1.807, 2.05) is 35.0 Å². The molecule has 8 heteroatoms. The first-order valence-corrected chi connectivity index (χ1v) is 11.7. The molecule has 31 heavy (non-hydrogen) atoms. The monoisotopic (exact) mass is 440 g/mol. The van der Waals surface area contributed by atoms with Crippen molar-refractivity contribution in [3.05, 3.63) is 42.1 Å². The number of fused-ring (bicyclic) bond motifs is 1. The number of carbonyl (C=O) groups is 1. The van der Waals surface area contributed by atoms with Crippen molar-refractivity contribution >= 4 is 34.5 Å². The van der Waals surface area contributed by atoms with E-state index in [9.17, 15) is 4.79 Å². The zero-order valence-corrected chi connectivity index (χ0v) is 19.6. The molecule has 166 valence electrons. The van der Waals surface area contributed by atoms with Crippen LogP contribution in [-0.4, -0.2) is 44.0 Å². The van der Waals surface area contributed by atoms with Crippen LogP contribution in [0.3, 0.4) is 0 Å². The third-order valence-corrected chi connectivity index (χ3v) is 5.49. The first-order valence-electron chi connectivity index (χ1n) is 10.9. The van der Waals surface area contributed by atoms with Crippen LogP contribution in [0.5, 0.6) is 0 Å². The van der Waals surface area contributed by atoms with Crippen LogP contribution in [0, 0.1) is 5.92 Å². The van der Waals surface area contributed by atoms with Gasteiger partial charge in [0.15, 0.2) is 10.8 Å². The van der Waals surface area contributed by atoms with Gasteiger partial charge in [-0.05, 0) is 17.9 Å². The van der Waals surface area contributed by atoms with Crippen molar-refractivity contribution < 1.29 is 4.79 Å². The molecule has 1 aromatic carbocycles. The van der Waals surface area contributed by atoms with Gasteiger partial charge in [0.25, 0.3) is 0 Å². The molecule has 0 unspecified atom stereocenters. The van der Waals surface area contributed by atoms with Crippen LogP contribution in [0.1, 0.15) is 39.7 Å². The standard InChI is InChI=1S/C23H32N6OS/c1-16(2)14-25-21-19-15-26-29(22(19)28-23(27-21)31-17(3)4)13-12-24-20(30)11-10-18-8-6-5-7-9-18/h5-9,15-17H,10-14H2,1-4H3,(H,24,30)(H,25,27,28). The topological polar surface area (TPSA) is 84.7 Å². The molecule has 2 aromatic heterocycles. The van der Waals surface area contributed by atoms with Crippen LogP contribution in [-0.2, 0) is 17.8 Å². The molecule has 3 aromatic rings. The molecule has 0 aliphatic heterocycles. The molecular formula is C23H32N6OS. The molecule has 0 aliphatic rings. The highest BCUT2D eigenvalue weighted by Crippen LogP contribution is 2.26. The van der Waals surface area contributed by atoms with Gasteiger partial charge in [0, 0.05) is 24.8 Å². The molecule has 0 spiro atoms. The SMILES string of the molecule is CC(C)CNc1nc(SC(C)C)nc2c1cnn2CCNC(=O)CCc1ccccc1. The van der Waals surface area contributed by atoms with Gasteiger partial charge in [-0.3, -0.25) is 4.79 Å². The van der Waals surface area contributed by atoms with Gasteiger partial charge >= 0.3 is 0 Å². The second-order valence-electron chi connectivity index (χ2n) is 8.24. The average molecular weight is 441 g/mol. The lowest BCUT2D eigenvalue weighted by Gasteiger charge is -2.12. The maximum Gasteiger partial charge on any atom is 0.220 e. The highest BCUT2D eigenvalue weighted by Gasteiger charge is 2.14. The van der Waals surface area contributed by atoms with Gasteiger partial charge < -0.3 is 10.6 Å². The maximum absolute atomic E-state index is 12.2. The van der Waals surface area contributed by atoms with Crippen LogP contribution in [0.2, 0.25) is 0 Å². The molecule has 3 rings (SSSR count). The second-order valence-corrected chi connectivity index (χ2v) is 9.78. The minimum absolute atomic E-state index is 0.0466. The van der Waals surface area contributed by atoms with Crippen molar-refractivity contribution in [1.29, 1.82) is 0 Å². The summed E-state index contributed by atoms with van der Waals surface area (Å²) in [5.41, 5.74) is 1.96. The van der Waals surface area contributed by atoms with Gasteiger partial charge in [-0.15, -0.1) is 0 Å². The Morgan fingerprint density at radius 1 is 1.13 bits per heavy atom. The van der Waals surface area contributed by atoms with Crippen LogP contribution in [0.15, 0.2) is 41.7 Å². The van der Waals surface area contributed by atoms with E-state index in [-0.39, 0.29) is 5.91 Å².